The van der Waals surface area contributed by atoms with Crippen molar-refractivity contribution in [1.82, 2.24) is 4.90 Å². The second-order valence-corrected chi connectivity index (χ2v) is 12.4. The molecule has 4 rings (SSSR count). The molecule has 12 heteroatoms. The average Bonchev–Trinajstić information content (AvgIpc) is 3.70. The Morgan fingerprint density at radius 1 is 1.15 bits per heavy atom. The topological polar surface area (TPSA) is 146 Å². The number of methoxy groups -OCH3 is 1. The summed E-state index contributed by atoms with van der Waals surface area (Å²) in [6.45, 7) is 8.88. The monoisotopic (exact) mass is 575 g/mol. The van der Waals surface area contributed by atoms with Crippen molar-refractivity contribution in [2.45, 2.75) is 77.2 Å². The van der Waals surface area contributed by atoms with Crippen LogP contribution in [0.5, 0.6) is 5.75 Å². The van der Waals surface area contributed by atoms with Gasteiger partial charge >= 0.3 is 12.1 Å². The molecule has 226 valence electrons. The molecule has 3 atom stereocenters. The quantitative estimate of drug-likeness (QED) is 0.447. The number of aliphatic carboxylic acids is 1. The van der Waals surface area contributed by atoms with E-state index in [9.17, 15) is 29.4 Å². The van der Waals surface area contributed by atoms with Gasteiger partial charge in [-0.1, -0.05) is 0 Å². The summed E-state index contributed by atoms with van der Waals surface area (Å²) in [4.78, 5) is 56.7. The van der Waals surface area contributed by atoms with Crippen LogP contribution < -0.4 is 14.5 Å². The first-order valence-corrected chi connectivity index (χ1v) is 14.0. The van der Waals surface area contributed by atoms with Crippen molar-refractivity contribution in [2.24, 2.45) is 11.8 Å². The van der Waals surface area contributed by atoms with Crippen molar-refractivity contribution >= 4 is 35.3 Å². The predicted molar refractivity (Wildman–Crippen MR) is 149 cm³/mol. The molecule has 0 spiro atoms. The Morgan fingerprint density at radius 3 is 2.39 bits per heavy atom. The second kappa shape index (κ2) is 11.5. The molecule has 0 radical (unpaired) electrons. The maximum Gasteiger partial charge on any atom is 0.410 e. The number of piperidine rings is 1. The van der Waals surface area contributed by atoms with Gasteiger partial charge in [-0.05, 0) is 72.1 Å². The zero-order chi connectivity index (χ0) is 30.3. The number of hydrogen-bond acceptors (Lipinski definition) is 8. The second-order valence-electron chi connectivity index (χ2n) is 12.4. The van der Waals surface area contributed by atoms with Crippen molar-refractivity contribution in [3.05, 3.63) is 18.2 Å². The molecule has 0 bridgehead atoms. The van der Waals surface area contributed by atoms with Gasteiger partial charge in [0.2, 0.25) is 5.91 Å². The van der Waals surface area contributed by atoms with Crippen LogP contribution in [0.2, 0.25) is 0 Å². The molecule has 2 aliphatic heterocycles. The number of hydrogen-bond donors (Lipinski definition) is 2. The zero-order valence-electron chi connectivity index (χ0n) is 24.6. The third-order valence-corrected chi connectivity index (χ3v) is 7.46. The molecule has 1 aliphatic carbocycles. The molecule has 3 amide bonds. The van der Waals surface area contributed by atoms with Gasteiger partial charge in [-0.3, -0.25) is 14.4 Å². The zero-order valence-corrected chi connectivity index (χ0v) is 24.6. The number of rotatable bonds is 8. The lowest BCUT2D eigenvalue weighted by Gasteiger charge is -2.42. The normalized spacial score (nSPS) is 23.9. The minimum absolute atomic E-state index is 0.161. The highest BCUT2D eigenvalue weighted by Crippen LogP contribution is 2.43. The number of carbonyl (C=O) groups is 4. The molecule has 3 aliphatic rings. The summed E-state index contributed by atoms with van der Waals surface area (Å²) in [7, 11) is 1.59. The van der Waals surface area contributed by atoms with Crippen LogP contribution >= 0.6 is 0 Å². The highest BCUT2D eigenvalue weighted by Gasteiger charge is 2.49. The van der Waals surface area contributed by atoms with Crippen LogP contribution in [-0.2, 0) is 23.9 Å². The maximum absolute atomic E-state index is 14.1. The number of carbonyl (C=O) groups excluding carboxylic acids is 3. The third kappa shape index (κ3) is 6.59. The fourth-order valence-electron chi connectivity index (χ4n) is 5.29. The summed E-state index contributed by atoms with van der Waals surface area (Å²) >= 11 is 0. The van der Waals surface area contributed by atoms with Crippen LogP contribution in [0.1, 0.15) is 53.9 Å². The molecular weight excluding hydrogens is 534 g/mol. The average molecular weight is 576 g/mol. The van der Waals surface area contributed by atoms with Gasteiger partial charge < -0.3 is 39.1 Å². The molecular formula is C29H41N3O9. The van der Waals surface area contributed by atoms with Gasteiger partial charge in [0.15, 0.2) is 5.60 Å². The maximum atomic E-state index is 14.1. The molecule has 41 heavy (non-hydrogen) atoms. The summed E-state index contributed by atoms with van der Waals surface area (Å²) in [6.07, 6.45) is -0.203. The Hall–Kier alpha value is -3.38. The first-order valence-electron chi connectivity index (χ1n) is 14.0. The van der Waals surface area contributed by atoms with E-state index < -0.39 is 47.1 Å². The van der Waals surface area contributed by atoms with Crippen LogP contribution in [0.15, 0.2) is 18.2 Å². The van der Waals surface area contributed by atoms with Gasteiger partial charge in [-0.2, -0.15) is 0 Å². The number of carboxylic acid groups (broad SMARTS) is 1. The Morgan fingerprint density at radius 2 is 1.80 bits per heavy atom. The number of nitrogens with zero attached hydrogens (tertiary/aromatic N) is 3. The van der Waals surface area contributed by atoms with E-state index >= 15 is 0 Å². The minimum Gasteiger partial charge on any atom is -0.481 e. The van der Waals surface area contributed by atoms with E-state index in [1.54, 1.807) is 69.7 Å². The highest BCUT2D eigenvalue weighted by molar-refractivity contribution is 6.04. The molecule has 0 aromatic heterocycles. The van der Waals surface area contributed by atoms with Gasteiger partial charge in [-0.15, -0.1) is 0 Å². The number of ether oxygens (including phenoxy) is 3. The van der Waals surface area contributed by atoms with Gasteiger partial charge in [0, 0.05) is 45.1 Å². The Kier molecular flexibility index (Phi) is 8.56. The van der Waals surface area contributed by atoms with Crippen LogP contribution in [0.25, 0.3) is 0 Å². The first-order chi connectivity index (χ1) is 19.1. The number of fused-ring (bicyclic) bond motifs is 1. The largest absolute Gasteiger partial charge is 0.481 e. The van der Waals surface area contributed by atoms with Crippen molar-refractivity contribution in [1.29, 1.82) is 0 Å². The minimum atomic E-state index is -1.51. The van der Waals surface area contributed by atoms with Crippen LogP contribution in [-0.4, -0.2) is 95.7 Å². The lowest BCUT2D eigenvalue weighted by Crippen LogP contribution is -2.59. The van der Waals surface area contributed by atoms with Crippen molar-refractivity contribution in [2.75, 3.05) is 43.2 Å². The molecule has 2 fully saturated rings. The lowest BCUT2D eigenvalue weighted by molar-refractivity contribution is -0.153. The van der Waals surface area contributed by atoms with E-state index in [-0.39, 0.29) is 25.0 Å². The fraction of sp³-hybridized carbons (Fsp3) is 0.655. The molecule has 1 aromatic carbocycles. The number of anilines is 2. The number of aliphatic hydroxyl groups excluding tert-OH is 1. The highest BCUT2D eigenvalue weighted by atomic mass is 16.6. The standard InChI is InChI=1S/C29H41N3O9/c1-28(2,3)41-27(38)30-15-19(23(33)20(16-30)25(35)36)24(34)32(17-8-9-17)18-10-11-22-21(14-18)31(12-7-13-39-6)26(37)29(4,5)40-22/h10-11,14,17,19-20,23,33H,7-9,12-13,15-16H2,1-6H3,(H,35,36)/t19-,20+,23-/m0/s1. The molecule has 1 aromatic rings. The van der Waals surface area contributed by atoms with Crippen LogP contribution in [0.3, 0.4) is 0 Å². The fourth-order valence-corrected chi connectivity index (χ4v) is 5.29. The van der Waals surface area contributed by atoms with Gasteiger partial charge in [0.25, 0.3) is 5.91 Å². The Labute approximate surface area is 240 Å². The molecule has 2 heterocycles. The smallest absolute Gasteiger partial charge is 0.410 e. The SMILES string of the molecule is COCCCN1C(=O)C(C)(C)Oc2ccc(N(C(=O)[C@H]3CN(C(=O)OC(C)(C)C)C[C@@H](C(=O)O)[C@H]3O)C3CC3)cc21. The summed E-state index contributed by atoms with van der Waals surface area (Å²) in [6, 6.07) is 5.01. The van der Waals surface area contributed by atoms with E-state index in [1.165, 1.54) is 4.90 Å². The molecule has 0 unspecified atom stereocenters. The first kappa shape index (κ1) is 30.6. The molecule has 1 saturated carbocycles. The van der Waals surface area contributed by atoms with Crippen molar-refractivity contribution in [3.8, 4) is 5.75 Å². The predicted octanol–water partition coefficient (Wildman–Crippen LogP) is 2.65. The van der Waals surface area contributed by atoms with E-state index in [0.717, 1.165) is 12.8 Å². The van der Waals surface area contributed by atoms with E-state index in [0.29, 0.717) is 36.7 Å². The van der Waals surface area contributed by atoms with E-state index in [4.69, 9.17) is 14.2 Å². The number of aliphatic hydroxyl groups is 1. The van der Waals surface area contributed by atoms with Gasteiger partial charge in [0.05, 0.1) is 17.7 Å². The lowest BCUT2D eigenvalue weighted by atomic mass is 9.85. The number of carboxylic acids is 1. The Balaban J connectivity index is 1.67. The summed E-state index contributed by atoms with van der Waals surface area (Å²) in [5.74, 6) is -4.07. The third-order valence-electron chi connectivity index (χ3n) is 7.46. The summed E-state index contributed by atoms with van der Waals surface area (Å²) < 4.78 is 16.6. The van der Waals surface area contributed by atoms with Gasteiger partial charge in [-0.25, -0.2) is 4.79 Å². The summed E-state index contributed by atoms with van der Waals surface area (Å²) in [5.41, 5.74) is -0.879. The van der Waals surface area contributed by atoms with Gasteiger partial charge in [0.1, 0.15) is 17.3 Å². The number of benzene rings is 1. The van der Waals surface area contributed by atoms with Crippen molar-refractivity contribution in [3.63, 3.8) is 0 Å². The number of amides is 3. The Bertz CT molecular complexity index is 1190. The molecule has 1 saturated heterocycles. The number of likely N-dealkylation sites (tertiary alicyclic amines) is 1. The van der Waals surface area contributed by atoms with Crippen LogP contribution in [0.4, 0.5) is 16.2 Å². The van der Waals surface area contributed by atoms with Crippen molar-refractivity contribution < 1.29 is 43.6 Å². The molecule has 2 N–H and O–H groups in total. The molecule has 12 nitrogen and oxygen atoms in total. The van der Waals surface area contributed by atoms with Crippen LogP contribution in [0, 0.1) is 11.8 Å². The summed E-state index contributed by atoms with van der Waals surface area (Å²) in [5, 5.41) is 20.9. The van der Waals surface area contributed by atoms with E-state index in [1.807, 2.05) is 0 Å². The van der Waals surface area contributed by atoms with E-state index in [2.05, 4.69) is 0 Å².